The van der Waals surface area contributed by atoms with E-state index in [0.29, 0.717) is 12.5 Å². The molecule has 0 aromatic heterocycles. The summed E-state index contributed by atoms with van der Waals surface area (Å²) in [5.41, 5.74) is 0. The van der Waals surface area contributed by atoms with Crippen molar-refractivity contribution in [3.8, 4) is 0 Å². The summed E-state index contributed by atoms with van der Waals surface area (Å²) in [7, 11) is 0. The van der Waals surface area contributed by atoms with E-state index < -0.39 is 0 Å². The fourth-order valence-electron chi connectivity index (χ4n) is 3.04. The van der Waals surface area contributed by atoms with Crippen LogP contribution in [0.3, 0.4) is 0 Å². The molecule has 2 atom stereocenters. The largest absolute Gasteiger partial charge is 0.396 e. The van der Waals surface area contributed by atoms with Crippen molar-refractivity contribution in [1.29, 1.82) is 0 Å². The van der Waals surface area contributed by atoms with Crippen LogP contribution in [-0.4, -0.2) is 60.3 Å². The van der Waals surface area contributed by atoms with Crippen molar-refractivity contribution in [3.63, 3.8) is 0 Å². The molecule has 2 fully saturated rings. The molecule has 0 aromatic rings. The van der Waals surface area contributed by atoms with E-state index in [1.807, 2.05) is 0 Å². The first-order valence-electron chi connectivity index (χ1n) is 6.90. The Morgan fingerprint density at radius 1 is 1.19 bits per heavy atom. The van der Waals surface area contributed by atoms with Crippen molar-refractivity contribution in [2.75, 3.05) is 39.3 Å². The van der Waals surface area contributed by atoms with E-state index in [4.69, 9.17) is 5.11 Å². The maximum atomic E-state index is 9.16. The summed E-state index contributed by atoms with van der Waals surface area (Å²) in [6.07, 6.45) is 5.17. The molecule has 0 aliphatic carbocycles. The SMILES string of the molecule is CCCCN1CCC(N2CCC(CO)C2)C1. The van der Waals surface area contributed by atoms with Gasteiger partial charge in [0.1, 0.15) is 0 Å². The molecule has 0 amide bonds. The highest BCUT2D eigenvalue weighted by Gasteiger charge is 2.31. The van der Waals surface area contributed by atoms with Crippen LogP contribution in [0, 0.1) is 5.92 Å². The Balaban J connectivity index is 1.72. The Kier molecular flexibility index (Phi) is 4.62. The van der Waals surface area contributed by atoms with Gasteiger partial charge in [0.05, 0.1) is 0 Å². The molecular formula is C13H26N2O. The smallest absolute Gasteiger partial charge is 0.0471 e. The average molecular weight is 226 g/mol. The standard InChI is InChI=1S/C13H26N2O/c1-2-3-6-14-7-5-13(10-14)15-8-4-12(9-15)11-16/h12-13,16H,2-11H2,1H3. The van der Waals surface area contributed by atoms with Crippen LogP contribution < -0.4 is 0 Å². The predicted octanol–water partition coefficient (Wildman–Crippen LogP) is 1.18. The van der Waals surface area contributed by atoms with E-state index in [-0.39, 0.29) is 0 Å². The summed E-state index contributed by atoms with van der Waals surface area (Å²) in [6, 6.07) is 0.772. The molecule has 0 aromatic carbocycles. The van der Waals surface area contributed by atoms with E-state index >= 15 is 0 Å². The Hall–Kier alpha value is -0.120. The number of likely N-dealkylation sites (tertiary alicyclic amines) is 2. The molecule has 2 aliphatic heterocycles. The average Bonchev–Trinajstić information content (AvgIpc) is 2.94. The summed E-state index contributed by atoms with van der Waals surface area (Å²) in [5, 5.41) is 9.16. The lowest BCUT2D eigenvalue weighted by atomic mass is 10.1. The van der Waals surface area contributed by atoms with Gasteiger partial charge in [-0.25, -0.2) is 0 Å². The maximum Gasteiger partial charge on any atom is 0.0471 e. The molecular weight excluding hydrogens is 200 g/mol. The van der Waals surface area contributed by atoms with Gasteiger partial charge in [-0.3, -0.25) is 4.90 Å². The first-order valence-corrected chi connectivity index (χ1v) is 6.90. The normalized spacial score (nSPS) is 32.6. The van der Waals surface area contributed by atoms with Crippen LogP contribution in [-0.2, 0) is 0 Å². The van der Waals surface area contributed by atoms with Crippen LogP contribution in [0.4, 0.5) is 0 Å². The van der Waals surface area contributed by atoms with E-state index in [0.717, 1.165) is 12.6 Å². The van der Waals surface area contributed by atoms with Gasteiger partial charge in [0, 0.05) is 25.7 Å². The Morgan fingerprint density at radius 3 is 2.75 bits per heavy atom. The fourth-order valence-corrected chi connectivity index (χ4v) is 3.04. The first-order chi connectivity index (χ1) is 7.83. The fraction of sp³-hybridized carbons (Fsp3) is 1.00. The Bertz CT molecular complexity index is 210. The summed E-state index contributed by atoms with van der Waals surface area (Å²) in [6.45, 7) is 8.80. The lowest BCUT2D eigenvalue weighted by molar-refractivity contribution is 0.195. The highest BCUT2D eigenvalue weighted by molar-refractivity contribution is 4.87. The summed E-state index contributed by atoms with van der Waals surface area (Å²) in [4.78, 5) is 5.22. The van der Waals surface area contributed by atoms with Gasteiger partial charge in [-0.05, 0) is 44.8 Å². The van der Waals surface area contributed by atoms with Gasteiger partial charge in [-0.15, -0.1) is 0 Å². The van der Waals surface area contributed by atoms with Crippen LogP contribution in [0.5, 0.6) is 0 Å². The topological polar surface area (TPSA) is 26.7 Å². The third-order valence-corrected chi connectivity index (χ3v) is 4.17. The molecule has 2 heterocycles. The number of hydrogen-bond acceptors (Lipinski definition) is 3. The lowest BCUT2D eigenvalue weighted by Crippen LogP contribution is -2.36. The summed E-state index contributed by atoms with van der Waals surface area (Å²) >= 11 is 0. The van der Waals surface area contributed by atoms with Gasteiger partial charge < -0.3 is 10.0 Å². The third-order valence-electron chi connectivity index (χ3n) is 4.17. The second-order valence-corrected chi connectivity index (χ2v) is 5.43. The van der Waals surface area contributed by atoms with Gasteiger partial charge in [0.15, 0.2) is 0 Å². The second-order valence-electron chi connectivity index (χ2n) is 5.43. The molecule has 3 heteroatoms. The van der Waals surface area contributed by atoms with Crippen LogP contribution in [0.15, 0.2) is 0 Å². The summed E-state index contributed by atoms with van der Waals surface area (Å²) in [5.74, 6) is 0.546. The second kappa shape index (κ2) is 5.99. The predicted molar refractivity (Wildman–Crippen MR) is 66.5 cm³/mol. The zero-order chi connectivity index (χ0) is 11.4. The minimum absolute atomic E-state index is 0.378. The van der Waals surface area contributed by atoms with Crippen LogP contribution in [0.2, 0.25) is 0 Å². The molecule has 0 saturated carbocycles. The zero-order valence-electron chi connectivity index (χ0n) is 10.6. The van der Waals surface area contributed by atoms with Crippen molar-refractivity contribution in [2.24, 2.45) is 5.92 Å². The lowest BCUT2D eigenvalue weighted by Gasteiger charge is -2.24. The highest BCUT2D eigenvalue weighted by Crippen LogP contribution is 2.23. The molecule has 3 nitrogen and oxygen atoms in total. The van der Waals surface area contributed by atoms with Crippen molar-refractivity contribution in [2.45, 2.75) is 38.6 Å². The monoisotopic (exact) mass is 226 g/mol. The summed E-state index contributed by atoms with van der Waals surface area (Å²) < 4.78 is 0. The van der Waals surface area contributed by atoms with Crippen LogP contribution in [0.1, 0.15) is 32.6 Å². The Morgan fingerprint density at radius 2 is 2.06 bits per heavy atom. The third kappa shape index (κ3) is 2.96. The van der Waals surface area contributed by atoms with Crippen molar-refractivity contribution >= 4 is 0 Å². The molecule has 2 aliphatic rings. The van der Waals surface area contributed by atoms with E-state index in [9.17, 15) is 0 Å². The molecule has 2 saturated heterocycles. The van der Waals surface area contributed by atoms with E-state index in [1.165, 1.54) is 51.9 Å². The minimum Gasteiger partial charge on any atom is -0.396 e. The number of hydrogen-bond donors (Lipinski definition) is 1. The van der Waals surface area contributed by atoms with Gasteiger partial charge in [-0.2, -0.15) is 0 Å². The maximum absolute atomic E-state index is 9.16. The molecule has 16 heavy (non-hydrogen) atoms. The van der Waals surface area contributed by atoms with Gasteiger partial charge >= 0.3 is 0 Å². The van der Waals surface area contributed by atoms with Gasteiger partial charge in [0.25, 0.3) is 0 Å². The molecule has 0 radical (unpaired) electrons. The van der Waals surface area contributed by atoms with Gasteiger partial charge in [-0.1, -0.05) is 13.3 Å². The van der Waals surface area contributed by atoms with Crippen molar-refractivity contribution in [1.82, 2.24) is 9.80 Å². The van der Waals surface area contributed by atoms with Crippen molar-refractivity contribution in [3.05, 3.63) is 0 Å². The van der Waals surface area contributed by atoms with Crippen LogP contribution >= 0.6 is 0 Å². The van der Waals surface area contributed by atoms with E-state index in [2.05, 4.69) is 16.7 Å². The van der Waals surface area contributed by atoms with Crippen LogP contribution in [0.25, 0.3) is 0 Å². The molecule has 0 spiro atoms. The molecule has 0 bridgehead atoms. The zero-order valence-corrected chi connectivity index (χ0v) is 10.6. The number of aliphatic hydroxyl groups is 1. The number of rotatable bonds is 5. The minimum atomic E-state index is 0.378. The molecule has 2 rings (SSSR count). The molecule has 1 N–H and O–H groups in total. The first kappa shape index (κ1) is 12.3. The quantitative estimate of drug-likeness (QED) is 0.762. The number of aliphatic hydroxyl groups excluding tert-OH is 1. The number of nitrogens with zero attached hydrogens (tertiary/aromatic N) is 2. The van der Waals surface area contributed by atoms with Crippen molar-refractivity contribution < 1.29 is 5.11 Å². The van der Waals surface area contributed by atoms with Gasteiger partial charge in [0.2, 0.25) is 0 Å². The number of unbranched alkanes of at least 4 members (excludes halogenated alkanes) is 1. The molecule has 94 valence electrons. The van der Waals surface area contributed by atoms with E-state index in [1.54, 1.807) is 0 Å². The Labute approximate surface area is 99.4 Å². The highest BCUT2D eigenvalue weighted by atomic mass is 16.3. The molecule has 2 unspecified atom stereocenters.